The minimum atomic E-state index is 0.415. The normalized spacial score (nSPS) is 17.3. The van der Waals surface area contributed by atoms with Crippen LogP contribution in [-0.4, -0.2) is 211 Å². The molecule has 0 amide bonds. The lowest BCUT2D eigenvalue weighted by Gasteiger charge is -2.16. The number of hydrogen-bond acceptors (Lipinski definition) is 20. The molecule has 0 saturated heterocycles. The summed E-state index contributed by atoms with van der Waals surface area (Å²) in [6.07, 6.45) is 0. The number of ether oxygens (including phenoxy) is 20. The van der Waals surface area contributed by atoms with Crippen LogP contribution in [0.25, 0.3) is 22.3 Å². The van der Waals surface area contributed by atoms with Gasteiger partial charge in [-0.1, -0.05) is 47.4 Å². The SMILES string of the molecule is Cc1cc2cc3c1-c1c(C)cc(cc1COC3)C#Cc1ccc(cc1)OCCOCCOCCOCCOCCOCCOCCOCCOc1ccc(cc1)C#Cc1cc(C)c3c(c1)COCc1cc(cc(C)c1-3)C#Cc1ccc(cc1)OCCOCCOCCOCCOCCOCCOCCOCCOc1ccc(cc1)C#C2. The van der Waals surface area contributed by atoms with Crippen molar-refractivity contribution >= 4 is 0 Å². The quantitative estimate of drug-likeness (QED) is 0.130. The molecule has 0 radical (unpaired) electrons. The zero-order valence-corrected chi connectivity index (χ0v) is 67.5. The predicted molar refractivity (Wildman–Crippen MR) is 443 cm³/mol. The summed E-state index contributed by atoms with van der Waals surface area (Å²) in [5.74, 6) is 29.9. The van der Waals surface area contributed by atoms with Gasteiger partial charge in [0.05, 0.1) is 211 Å². The van der Waals surface area contributed by atoms with Gasteiger partial charge in [0.1, 0.15) is 49.4 Å². The summed E-state index contributed by atoms with van der Waals surface area (Å²) >= 11 is 0. The van der Waals surface area contributed by atoms with Crippen molar-refractivity contribution in [3.63, 3.8) is 0 Å². The highest BCUT2D eigenvalue weighted by atomic mass is 16.6. The Morgan fingerprint density at radius 2 is 0.310 bits per heavy atom. The second-order valence-corrected chi connectivity index (χ2v) is 27.4. The summed E-state index contributed by atoms with van der Waals surface area (Å²) in [6, 6.07) is 48.4. The molecule has 34 rings (SSSR count). The third-order valence-corrected chi connectivity index (χ3v) is 18.5. The minimum absolute atomic E-state index is 0.415. The fourth-order valence-electron chi connectivity index (χ4n) is 13.0. The molecule has 20 bridgehead atoms. The van der Waals surface area contributed by atoms with Gasteiger partial charge in [-0.3, -0.25) is 0 Å². The molecule has 20 nitrogen and oxygen atoms in total. The van der Waals surface area contributed by atoms with E-state index in [0.717, 1.165) is 112 Å². The summed E-state index contributed by atoms with van der Waals surface area (Å²) in [6.45, 7) is 25.1. The standard InChI is InChI=1S/C96H108O20/c1-73-61-81-9-5-77-13-21-89(22-14-77)113-57-53-107-49-45-103-41-37-99-33-29-97-30-35-101-39-43-105-47-51-109-55-59-115-91-25-17-79(18-26-91)7-11-83-63-75(3)95-87(67-83)71-112-72-88-68-84(64-76(4)96(88)95)12-8-80-19-27-92(28-20-80)116-60-56-110-52-48-106-44-40-102-36-32-98-31-34-100-38-42-104-46-50-108-54-58-114-90-23-15-78(16-24-90)6-10-82-62-74(2)94-86(66-82)70-111-69-85(65-81)93(73)94/h13-28,61-68H,29-60,69-72H2,1-4H3. The highest BCUT2D eigenvalue weighted by Gasteiger charge is 2.23. The summed E-state index contributed by atoms with van der Waals surface area (Å²) in [4.78, 5) is 0. The molecule has 8 aromatic carbocycles. The van der Waals surface area contributed by atoms with E-state index in [-0.39, 0.29) is 0 Å². The van der Waals surface area contributed by atoms with Gasteiger partial charge in [0, 0.05) is 44.5 Å². The molecule has 26 heterocycles. The van der Waals surface area contributed by atoms with Crippen LogP contribution in [-0.2, 0) is 102 Å². The third kappa shape index (κ3) is 30.9. The molecule has 0 aliphatic carbocycles. The van der Waals surface area contributed by atoms with Crippen LogP contribution in [0.5, 0.6) is 23.0 Å². The van der Waals surface area contributed by atoms with Crippen molar-refractivity contribution in [1.82, 2.24) is 0 Å². The average molecular weight is 1580 g/mol. The van der Waals surface area contributed by atoms with E-state index in [2.05, 4.69) is 124 Å². The lowest BCUT2D eigenvalue weighted by atomic mass is 9.87. The zero-order chi connectivity index (χ0) is 80.1. The zero-order valence-electron chi connectivity index (χ0n) is 67.5. The van der Waals surface area contributed by atoms with Gasteiger partial charge in [-0.05, 0) is 240 Å². The highest BCUT2D eigenvalue weighted by Crippen LogP contribution is 2.40. The summed E-state index contributed by atoms with van der Waals surface area (Å²) < 4.78 is 116. The maximum Gasteiger partial charge on any atom is 0.119 e. The highest BCUT2D eigenvalue weighted by molar-refractivity contribution is 5.80. The molecule has 8 aromatic rings. The number of benzene rings is 8. The van der Waals surface area contributed by atoms with Gasteiger partial charge in [0.2, 0.25) is 0 Å². The van der Waals surface area contributed by atoms with Crippen molar-refractivity contribution in [2.75, 3.05) is 211 Å². The first-order valence-electron chi connectivity index (χ1n) is 40.0. The molecule has 0 unspecified atom stereocenters. The van der Waals surface area contributed by atoms with Gasteiger partial charge in [0.15, 0.2) is 0 Å². The van der Waals surface area contributed by atoms with Gasteiger partial charge in [-0.2, -0.15) is 0 Å². The Bertz CT molecular complexity index is 3980. The maximum atomic E-state index is 6.28. The molecule has 20 heteroatoms. The summed E-state index contributed by atoms with van der Waals surface area (Å²) in [7, 11) is 0. The largest absolute Gasteiger partial charge is 0.491 e. The van der Waals surface area contributed by atoms with Crippen LogP contribution in [0.4, 0.5) is 0 Å². The third-order valence-electron chi connectivity index (χ3n) is 18.5. The number of aryl methyl sites for hydroxylation is 4. The van der Waals surface area contributed by atoms with Crippen LogP contribution in [0.3, 0.4) is 0 Å². The molecule has 0 aromatic heterocycles. The Morgan fingerprint density at radius 3 is 0.474 bits per heavy atom. The van der Waals surface area contributed by atoms with Crippen LogP contribution in [0.2, 0.25) is 0 Å². The van der Waals surface area contributed by atoms with Gasteiger partial charge in [-0.25, -0.2) is 0 Å². The van der Waals surface area contributed by atoms with Crippen molar-refractivity contribution in [3.05, 3.63) is 235 Å². The van der Waals surface area contributed by atoms with E-state index in [9.17, 15) is 0 Å². The fraction of sp³-hybridized carbons (Fsp3) is 0.417. The lowest BCUT2D eigenvalue weighted by molar-refractivity contribution is -0.0218. The van der Waals surface area contributed by atoms with Crippen molar-refractivity contribution in [1.29, 1.82) is 0 Å². The maximum absolute atomic E-state index is 6.28. The first kappa shape index (κ1) is 87.4. The van der Waals surface area contributed by atoms with E-state index in [4.69, 9.17) is 94.7 Å². The molecule has 612 valence electrons. The molecule has 26 aliphatic heterocycles. The molecular weight excluding hydrogens is 1470 g/mol. The van der Waals surface area contributed by atoms with E-state index in [0.29, 0.717) is 238 Å². The van der Waals surface area contributed by atoms with Gasteiger partial charge in [0.25, 0.3) is 0 Å². The number of rotatable bonds is 0. The second-order valence-electron chi connectivity index (χ2n) is 27.4. The first-order chi connectivity index (χ1) is 57.2. The lowest BCUT2D eigenvalue weighted by Crippen LogP contribution is -2.15. The van der Waals surface area contributed by atoms with Crippen LogP contribution in [0.15, 0.2) is 146 Å². The first-order valence-corrected chi connectivity index (χ1v) is 40.0. The Labute approximate surface area is 684 Å². The summed E-state index contributed by atoms with van der Waals surface area (Å²) in [5, 5.41) is 0. The molecule has 26 aliphatic rings. The Balaban J connectivity index is 0.571. The molecule has 116 heavy (non-hydrogen) atoms. The molecule has 0 N–H and O–H groups in total. The van der Waals surface area contributed by atoms with Crippen molar-refractivity contribution < 1.29 is 94.7 Å². The predicted octanol–water partition coefficient (Wildman–Crippen LogP) is 13.4. The molecule has 0 spiro atoms. The van der Waals surface area contributed by atoms with E-state index in [1.54, 1.807) is 0 Å². The fourth-order valence-corrected chi connectivity index (χ4v) is 13.0. The second kappa shape index (κ2) is 50.9. The van der Waals surface area contributed by atoms with E-state index in [1.165, 1.54) is 22.3 Å². The van der Waals surface area contributed by atoms with Gasteiger partial charge < -0.3 is 94.7 Å². The van der Waals surface area contributed by atoms with E-state index in [1.807, 2.05) is 97.1 Å². The Hall–Kier alpha value is -9.44. The van der Waals surface area contributed by atoms with Crippen LogP contribution >= 0.6 is 0 Å². The molecule has 0 fully saturated rings. The molecule has 0 saturated carbocycles. The van der Waals surface area contributed by atoms with Crippen molar-refractivity contribution in [3.8, 4) is 92.6 Å². The van der Waals surface area contributed by atoms with Crippen LogP contribution in [0, 0.1) is 75.1 Å². The minimum Gasteiger partial charge on any atom is -0.491 e. The Morgan fingerprint density at radius 1 is 0.164 bits per heavy atom. The van der Waals surface area contributed by atoms with Crippen LogP contribution in [0.1, 0.15) is 89.0 Å². The smallest absolute Gasteiger partial charge is 0.119 e. The van der Waals surface area contributed by atoms with Crippen LogP contribution < -0.4 is 18.9 Å². The van der Waals surface area contributed by atoms with Gasteiger partial charge in [-0.15, -0.1) is 0 Å². The molecular formula is C96H108O20. The topological polar surface area (TPSA) is 185 Å². The average Bonchev–Trinajstić information content (AvgIpc) is 1.33. The van der Waals surface area contributed by atoms with Crippen molar-refractivity contribution in [2.45, 2.75) is 54.1 Å². The Kier molecular flexibility index (Phi) is 38.4. The van der Waals surface area contributed by atoms with E-state index >= 15 is 0 Å². The van der Waals surface area contributed by atoms with E-state index < -0.39 is 0 Å². The summed E-state index contributed by atoms with van der Waals surface area (Å²) in [5.41, 5.74) is 21.1. The van der Waals surface area contributed by atoms with Crippen molar-refractivity contribution in [2.24, 2.45) is 0 Å². The molecule has 0 atom stereocenters. The number of hydrogen-bond donors (Lipinski definition) is 0. The monoisotopic (exact) mass is 1580 g/mol. The van der Waals surface area contributed by atoms with Gasteiger partial charge >= 0.3 is 0 Å².